The average molecular weight is 330 g/mol. The first-order valence-electron chi connectivity index (χ1n) is 8.96. The first-order chi connectivity index (χ1) is 11.6. The van der Waals surface area contributed by atoms with Gasteiger partial charge in [-0.15, -0.1) is 0 Å². The highest BCUT2D eigenvalue weighted by Gasteiger charge is 2.30. The van der Waals surface area contributed by atoms with Crippen LogP contribution in [0.4, 0.5) is 4.79 Å². The van der Waals surface area contributed by atoms with Crippen LogP contribution in [-0.4, -0.2) is 35.1 Å². The Morgan fingerprint density at radius 2 is 1.92 bits per heavy atom. The van der Waals surface area contributed by atoms with E-state index in [1.807, 2.05) is 18.2 Å². The molecular formula is C19H26N2O3. The van der Waals surface area contributed by atoms with Gasteiger partial charge in [0.25, 0.3) is 0 Å². The Balaban J connectivity index is 1.65. The summed E-state index contributed by atoms with van der Waals surface area (Å²) in [6.07, 6.45) is 6.14. The summed E-state index contributed by atoms with van der Waals surface area (Å²) in [6, 6.07) is 9.96. The number of carbonyl (C=O) groups is 2. The molecule has 3 rings (SSSR count). The highest BCUT2D eigenvalue weighted by molar-refractivity contribution is 5.77. The molecular weight excluding hydrogens is 304 g/mol. The van der Waals surface area contributed by atoms with E-state index >= 15 is 0 Å². The van der Waals surface area contributed by atoms with Gasteiger partial charge in [0.2, 0.25) is 0 Å². The van der Waals surface area contributed by atoms with E-state index in [1.165, 1.54) is 19.3 Å². The molecule has 5 nitrogen and oxygen atoms in total. The molecule has 1 saturated heterocycles. The van der Waals surface area contributed by atoms with Gasteiger partial charge in [0, 0.05) is 13.1 Å². The molecule has 0 spiro atoms. The molecule has 1 saturated carbocycles. The second-order valence-electron chi connectivity index (χ2n) is 7.07. The minimum absolute atomic E-state index is 0.00852. The van der Waals surface area contributed by atoms with E-state index < -0.39 is 11.9 Å². The SMILES string of the molecule is O=C(O)C1CCCN(C(=O)NC(CC2CCC2)c2ccccc2)C1. The maximum Gasteiger partial charge on any atom is 0.317 e. The van der Waals surface area contributed by atoms with Gasteiger partial charge in [-0.3, -0.25) is 4.79 Å². The lowest BCUT2D eigenvalue weighted by Gasteiger charge is -2.34. The molecule has 2 fully saturated rings. The predicted molar refractivity (Wildman–Crippen MR) is 91.6 cm³/mol. The number of nitrogens with zero attached hydrogens (tertiary/aromatic N) is 1. The van der Waals surface area contributed by atoms with Crippen molar-refractivity contribution in [2.24, 2.45) is 11.8 Å². The van der Waals surface area contributed by atoms with Gasteiger partial charge in [-0.1, -0.05) is 49.6 Å². The maximum absolute atomic E-state index is 12.7. The van der Waals surface area contributed by atoms with E-state index in [4.69, 9.17) is 0 Å². The summed E-state index contributed by atoms with van der Waals surface area (Å²) in [6.45, 7) is 0.951. The summed E-state index contributed by atoms with van der Waals surface area (Å²) in [5.41, 5.74) is 1.13. The smallest absolute Gasteiger partial charge is 0.317 e. The van der Waals surface area contributed by atoms with Gasteiger partial charge in [-0.2, -0.15) is 0 Å². The Morgan fingerprint density at radius 1 is 1.17 bits per heavy atom. The van der Waals surface area contributed by atoms with Crippen LogP contribution in [0.15, 0.2) is 30.3 Å². The Hall–Kier alpha value is -2.04. The van der Waals surface area contributed by atoms with Crippen molar-refractivity contribution < 1.29 is 14.7 Å². The minimum atomic E-state index is -0.804. The number of amides is 2. The van der Waals surface area contributed by atoms with Gasteiger partial charge < -0.3 is 15.3 Å². The van der Waals surface area contributed by atoms with Crippen LogP contribution in [0.1, 0.15) is 50.1 Å². The van der Waals surface area contributed by atoms with Gasteiger partial charge in [-0.25, -0.2) is 4.79 Å². The molecule has 0 bridgehead atoms. The van der Waals surface area contributed by atoms with Crippen LogP contribution in [0.5, 0.6) is 0 Å². The van der Waals surface area contributed by atoms with Crippen LogP contribution in [0.25, 0.3) is 0 Å². The van der Waals surface area contributed by atoms with Crippen molar-refractivity contribution in [3.63, 3.8) is 0 Å². The van der Waals surface area contributed by atoms with Gasteiger partial charge in [-0.05, 0) is 30.7 Å². The average Bonchev–Trinajstić information content (AvgIpc) is 2.57. The molecule has 24 heavy (non-hydrogen) atoms. The van der Waals surface area contributed by atoms with Crippen molar-refractivity contribution in [1.29, 1.82) is 0 Å². The number of carboxylic acid groups (broad SMARTS) is 1. The molecule has 0 radical (unpaired) electrons. The molecule has 2 atom stereocenters. The number of benzene rings is 1. The van der Waals surface area contributed by atoms with Crippen LogP contribution in [0, 0.1) is 11.8 Å². The Kier molecular flexibility index (Phi) is 5.38. The Bertz CT molecular complexity index is 571. The molecule has 1 aliphatic carbocycles. The van der Waals surface area contributed by atoms with E-state index in [0.717, 1.165) is 18.4 Å². The molecule has 2 amide bonds. The fourth-order valence-electron chi connectivity index (χ4n) is 3.63. The van der Waals surface area contributed by atoms with Gasteiger partial charge in [0.15, 0.2) is 0 Å². The second-order valence-corrected chi connectivity index (χ2v) is 7.07. The van der Waals surface area contributed by atoms with E-state index in [0.29, 0.717) is 25.4 Å². The summed E-state index contributed by atoms with van der Waals surface area (Å²) >= 11 is 0. The Labute approximate surface area is 143 Å². The van der Waals surface area contributed by atoms with Crippen molar-refractivity contribution in [3.05, 3.63) is 35.9 Å². The first-order valence-corrected chi connectivity index (χ1v) is 8.96. The van der Waals surface area contributed by atoms with E-state index in [1.54, 1.807) is 4.90 Å². The predicted octanol–water partition coefficient (Wildman–Crippen LogP) is 3.42. The van der Waals surface area contributed by atoms with Crippen molar-refractivity contribution in [3.8, 4) is 0 Å². The number of piperidine rings is 1. The Morgan fingerprint density at radius 3 is 2.54 bits per heavy atom. The number of carboxylic acids is 1. The highest BCUT2D eigenvalue weighted by Crippen LogP contribution is 2.35. The van der Waals surface area contributed by atoms with Crippen LogP contribution in [-0.2, 0) is 4.79 Å². The fraction of sp³-hybridized carbons (Fsp3) is 0.579. The number of nitrogens with one attached hydrogen (secondary N) is 1. The summed E-state index contributed by atoms with van der Waals surface area (Å²) in [4.78, 5) is 25.5. The monoisotopic (exact) mass is 330 g/mol. The molecule has 1 aliphatic heterocycles. The lowest BCUT2D eigenvalue weighted by Crippen LogP contribution is -2.48. The number of likely N-dealkylation sites (tertiary alicyclic amines) is 1. The lowest BCUT2D eigenvalue weighted by molar-refractivity contribution is -0.143. The van der Waals surface area contributed by atoms with Crippen molar-refractivity contribution in [2.75, 3.05) is 13.1 Å². The molecule has 2 unspecified atom stereocenters. The van der Waals surface area contributed by atoms with E-state index in [-0.39, 0.29) is 12.1 Å². The number of aliphatic carboxylic acids is 1. The number of urea groups is 1. The largest absolute Gasteiger partial charge is 0.481 e. The summed E-state index contributed by atoms with van der Waals surface area (Å²) < 4.78 is 0. The summed E-state index contributed by atoms with van der Waals surface area (Å²) in [5.74, 6) is -0.559. The van der Waals surface area contributed by atoms with Crippen molar-refractivity contribution >= 4 is 12.0 Å². The van der Waals surface area contributed by atoms with Gasteiger partial charge in [0.1, 0.15) is 0 Å². The third-order valence-electron chi connectivity index (χ3n) is 5.35. The quantitative estimate of drug-likeness (QED) is 0.869. The minimum Gasteiger partial charge on any atom is -0.481 e. The highest BCUT2D eigenvalue weighted by atomic mass is 16.4. The number of rotatable bonds is 5. The van der Waals surface area contributed by atoms with Crippen LogP contribution in [0.3, 0.4) is 0 Å². The zero-order valence-electron chi connectivity index (χ0n) is 14.0. The molecule has 1 heterocycles. The van der Waals surface area contributed by atoms with Crippen molar-refractivity contribution in [2.45, 2.75) is 44.6 Å². The fourth-order valence-corrected chi connectivity index (χ4v) is 3.63. The molecule has 1 aromatic rings. The molecule has 5 heteroatoms. The molecule has 130 valence electrons. The zero-order chi connectivity index (χ0) is 16.9. The summed E-state index contributed by atoms with van der Waals surface area (Å²) in [5, 5.41) is 12.4. The second kappa shape index (κ2) is 7.69. The number of carbonyl (C=O) groups excluding carboxylic acids is 1. The third-order valence-corrected chi connectivity index (χ3v) is 5.35. The van der Waals surface area contributed by atoms with E-state index in [2.05, 4.69) is 17.4 Å². The van der Waals surface area contributed by atoms with Crippen LogP contribution in [0.2, 0.25) is 0 Å². The molecule has 2 aliphatic rings. The topological polar surface area (TPSA) is 69.6 Å². The van der Waals surface area contributed by atoms with Gasteiger partial charge >= 0.3 is 12.0 Å². The van der Waals surface area contributed by atoms with Crippen molar-refractivity contribution in [1.82, 2.24) is 10.2 Å². The molecule has 1 aromatic carbocycles. The third kappa shape index (κ3) is 4.08. The van der Waals surface area contributed by atoms with Gasteiger partial charge in [0.05, 0.1) is 12.0 Å². The van der Waals surface area contributed by atoms with Crippen LogP contribution >= 0.6 is 0 Å². The standard InChI is InChI=1S/C19H26N2O3/c22-18(23)16-10-5-11-21(13-16)19(24)20-17(12-14-6-4-7-14)15-8-2-1-3-9-15/h1-3,8-9,14,16-17H,4-7,10-13H2,(H,20,24)(H,22,23). The van der Waals surface area contributed by atoms with E-state index in [9.17, 15) is 14.7 Å². The lowest BCUT2D eigenvalue weighted by atomic mass is 9.79. The zero-order valence-corrected chi connectivity index (χ0v) is 14.0. The normalized spacial score (nSPS) is 22.5. The number of hydrogen-bond acceptors (Lipinski definition) is 2. The summed E-state index contributed by atoms with van der Waals surface area (Å²) in [7, 11) is 0. The first kappa shape index (κ1) is 16.8. The maximum atomic E-state index is 12.7. The molecule has 2 N–H and O–H groups in total. The molecule has 0 aromatic heterocycles. The van der Waals surface area contributed by atoms with Crippen LogP contribution < -0.4 is 5.32 Å². The number of hydrogen-bond donors (Lipinski definition) is 2.